The summed E-state index contributed by atoms with van der Waals surface area (Å²) in [5.41, 5.74) is 11.2. The highest BCUT2D eigenvalue weighted by Crippen LogP contribution is 2.28. The minimum Gasteiger partial charge on any atom is -0.396 e. The van der Waals surface area contributed by atoms with E-state index in [-0.39, 0.29) is 5.69 Å². The highest BCUT2D eigenvalue weighted by Gasteiger charge is 2.26. The summed E-state index contributed by atoms with van der Waals surface area (Å²) in [5.74, 6) is 0.684. The summed E-state index contributed by atoms with van der Waals surface area (Å²) in [6.45, 7) is 6.01. The Morgan fingerprint density at radius 3 is 2.77 bits per heavy atom. The number of fused-ring (bicyclic) bond motifs is 1. The summed E-state index contributed by atoms with van der Waals surface area (Å²) in [4.78, 5) is 17.1. The predicted molar refractivity (Wildman–Crippen MR) is 116 cm³/mol. The molecule has 0 spiro atoms. The molecule has 0 amide bonds. The molecule has 3 N–H and O–H groups in total. The molecule has 1 fully saturated rings. The van der Waals surface area contributed by atoms with E-state index in [1.807, 2.05) is 32.0 Å². The molecule has 0 aliphatic carbocycles. The van der Waals surface area contributed by atoms with Crippen LogP contribution in [0, 0.1) is 24.0 Å². The lowest BCUT2D eigenvalue weighted by atomic mass is 9.98. The van der Waals surface area contributed by atoms with Crippen molar-refractivity contribution in [2.75, 3.05) is 43.5 Å². The van der Waals surface area contributed by atoms with Crippen LogP contribution in [0.25, 0.3) is 5.65 Å². The van der Waals surface area contributed by atoms with Crippen LogP contribution in [-0.2, 0) is 11.2 Å². The van der Waals surface area contributed by atoms with E-state index in [4.69, 9.17) is 15.6 Å². The number of morpholine rings is 1. The standard InChI is InChI=1S/C21H26N6O4/c1-13-4-3-5-15(14(13)2)10-17-20(18(28)12-26(29)30)23-21-16(22)11-19(24-27(17)21)25-6-8-31-9-7-25/h3-5,11,18,28H,6-10,12,22H2,1-2H3. The number of nitrogens with two attached hydrogens (primary N) is 1. The van der Waals surface area contributed by atoms with Crippen molar-refractivity contribution >= 4 is 17.2 Å². The summed E-state index contributed by atoms with van der Waals surface area (Å²) in [7, 11) is 0. The van der Waals surface area contributed by atoms with Crippen molar-refractivity contribution in [3.05, 3.63) is 62.5 Å². The van der Waals surface area contributed by atoms with Crippen molar-refractivity contribution in [2.24, 2.45) is 0 Å². The number of nitrogens with zero attached hydrogens (tertiary/aromatic N) is 5. The highest BCUT2D eigenvalue weighted by molar-refractivity contribution is 5.69. The number of benzene rings is 1. The molecule has 1 aromatic carbocycles. The van der Waals surface area contributed by atoms with Gasteiger partial charge in [0.25, 0.3) is 0 Å². The van der Waals surface area contributed by atoms with Gasteiger partial charge in [-0.3, -0.25) is 10.1 Å². The fourth-order valence-corrected chi connectivity index (χ4v) is 3.88. The molecule has 3 heterocycles. The predicted octanol–water partition coefficient (Wildman–Crippen LogP) is 1.67. The molecule has 1 aliphatic rings. The van der Waals surface area contributed by atoms with Crippen molar-refractivity contribution in [3.8, 4) is 0 Å². The SMILES string of the molecule is Cc1cccc(Cc2c(C(O)C[N+](=O)[O-])nc3c(N)cc(N4CCOCC4)nn23)c1C. The quantitative estimate of drug-likeness (QED) is 0.449. The van der Waals surface area contributed by atoms with Gasteiger partial charge in [0.2, 0.25) is 6.54 Å². The minimum atomic E-state index is -1.36. The zero-order valence-corrected chi connectivity index (χ0v) is 17.6. The highest BCUT2D eigenvalue weighted by atomic mass is 16.6. The molecule has 2 aromatic heterocycles. The van der Waals surface area contributed by atoms with Crippen LogP contribution in [0.1, 0.15) is 34.2 Å². The topological polar surface area (TPSA) is 132 Å². The van der Waals surface area contributed by atoms with E-state index in [9.17, 15) is 15.2 Å². The fourth-order valence-electron chi connectivity index (χ4n) is 3.88. The Morgan fingerprint density at radius 1 is 1.32 bits per heavy atom. The van der Waals surface area contributed by atoms with Crippen molar-refractivity contribution in [3.63, 3.8) is 0 Å². The summed E-state index contributed by atoms with van der Waals surface area (Å²) in [5, 5.41) is 26.4. The van der Waals surface area contributed by atoms with Crippen molar-refractivity contribution in [1.29, 1.82) is 0 Å². The Hall–Kier alpha value is -3.24. The smallest absolute Gasteiger partial charge is 0.235 e. The molecule has 1 unspecified atom stereocenters. The largest absolute Gasteiger partial charge is 0.396 e. The first-order valence-electron chi connectivity index (χ1n) is 10.2. The first-order chi connectivity index (χ1) is 14.8. The lowest BCUT2D eigenvalue weighted by Gasteiger charge is -2.27. The van der Waals surface area contributed by atoms with E-state index in [2.05, 4.69) is 9.88 Å². The molecular weight excluding hydrogens is 400 g/mol. The fraction of sp³-hybridized carbons (Fsp3) is 0.429. The van der Waals surface area contributed by atoms with Crippen LogP contribution in [0.2, 0.25) is 0 Å². The average molecular weight is 426 g/mol. The van der Waals surface area contributed by atoms with Gasteiger partial charge in [-0.2, -0.15) is 0 Å². The molecule has 1 atom stereocenters. The number of imidazole rings is 1. The number of rotatable bonds is 6. The maximum Gasteiger partial charge on any atom is 0.235 e. The number of hydrogen-bond acceptors (Lipinski definition) is 8. The van der Waals surface area contributed by atoms with E-state index in [0.717, 1.165) is 16.7 Å². The molecule has 1 saturated heterocycles. The molecule has 0 saturated carbocycles. The molecule has 10 heteroatoms. The number of aromatic nitrogens is 3. The third-order valence-electron chi connectivity index (χ3n) is 5.77. The van der Waals surface area contributed by atoms with Gasteiger partial charge in [0.1, 0.15) is 5.69 Å². The van der Waals surface area contributed by atoms with Crippen LogP contribution < -0.4 is 10.6 Å². The zero-order chi connectivity index (χ0) is 22.1. The molecule has 3 aromatic rings. The van der Waals surface area contributed by atoms with E-state index in [0.29, 0.717) is 55.6 Å². The molecular formula is C21H26N6O4. The molecule has 10 nitrogen and oxygen atoms in total. The molecule has 0 bridgehead atoms. The van der Waals surface area contributed by atoms with Crippen LogP contribution in [0.4, 0.5) is 11.5 Å². The van der Waals surface area contributed by atoms with Crippen molar-refractivity contribution in [2.45, 2.75) is 26.4 Å². The number of nitro groups is 1. The monoisotopic (exact) mass is 426 g/mol. The van der Waals surface area contributed by atoms with Crippen molar-refractivity contribution in [1.82, 2.24) is 14.6 Å². The van der Waals surface area contributed by atoms with Gasteiger partial charge in [-0.25, -0.2) is 9.50 Å². The minimum absolute atomic E-state index is 0.232. The Bertz CT molecular complexity index is 1120. The molecule has 164 valence electrons. The maximum atomic E-state index is 11.0. The van der Waals surface area contributed by atoms with Crippen LogP contribution in [0.3, 0.4) is 0 Å². The number of anilines is 2. The number of ether oxygens (including phenoxy) is 1. The van der Waals surface area contributed by atoms with Gasteiger partial charge < -0.3 is 20.5 Å². The van der Waals surface area contributed by atoms with Crippen LogP contribution >= 0.6 is 0 Å². The van der Waals surface area contributed by atoms with Crippen LogP contribution in [0.15, 0.2) is 24.3 Å². The summed E-state index contributed by atoms with van der Waals surface area (Å²) in [6.07, 6.45) is -0.944. The van der Waals surface area contributed by atoms with Gasteiger partial charge in [-0.05, 0) is 30.5 Å². The van der Waals surface area contributed by atoms with Gasteiger partial charge in [0, 0.05) is 30.5 Å². The molecule has 0 radical (unpaired) electrons. The number of hydrogen-bond donors (Lipinski definition) is 2. The lowest BCUT2D eigenvalue weighted by molar-refractivity contribution is -0.491. The molecule has 31 heavy (non-hydrogen) atoms. The second-order valence-corrected chi connectivity index (χ2v) is 7.80. The summed E-state index contributed by atoms with van der Waals surface area (Å²) < 4.78 is 7.05. The number of nitrogen functional groups attached to an aromatic ring is 1. The van der Waals surface area contributed by atoms with E-state index in [1.165, 1.54) is 0 Å². The van der Waals surface area contributed by atoms with E-state index < -0.39 is 17.6 Å². The molecule has 1 aliphatic heterocycles. The normalized spacial score (nSPS) is 15.4. The first-order valence-corrected chi connectivity index (χ1v) is 10.2. The Labute approximate surface area is 179 Å². The van der Waals surface area contributed by atoms with Gasteiger partial charge in [0.05, 0.1) is 24.6 Å². The van der Waals surface area contributed by atoms with Crippen LogP contribution in [-0.4, -0.2) is 57.5 Å². The Morgan fingerprint density at radius 2 is 2.06 bits per heavy atom. The Kier molecular flexibility index (Phi) is 5.75. The van der Waals surface area contributed by atoms with Crippen LogP contribution in [0.5, 0.6) is 0 Å². The second kappa shape index (κ2) is 8.48. The zero-order valence-electron chi connectivity index (χ0n) is 17.6. The summed E-state index contributed by atoms with van der Waals surface area (Å²) >= 11 is 0. The second-order valence-electron chi connectivity index (χ2n) is 7.80. The van der Waals surface area contributed by atoms with Gasteiger partial charge >= 0.3 is 0 Å². The third-order valence-corrected chi connectivity index (χ3v) is 5.77. The van der Waals surface area contributed by atoms with Gasteiger partial charge in [0.15, 0.2) is 17.6 Å². The number of aliphatic hydroxyl groups excluding tert-OH is 1. The van der Waals surface area contributed by atoms with Crippen molar-refractivity contribution < 1.29 is 14.8 Å². The lowest BCUT2D eigenvalue weighted by Crippen LogP contribution is -2.37. The number of aryl methyl sites for hydroxylation is 1. The maximum absolute atomic E-state index is 11.0. The first kappa shape index (κ1) is 21.0. The number of aliphatic hydroxyl groups is 1. The summed E-state index contributed by atoms with van der Waals surface area (Å²) in [6, 6.07) is 7.75. The molecule has 4 rings (SSSR count). The average Bonchev–Trinajstić information content (AvgIpc) is 3.11. The van der Waals surface area contributed by atoms with E-state index in [1.54, 1.807) is 10.6 Å². The van der Waals surface area contributed by atoms with Gasteiger partial charge in [-0.15, -0.1) is 5.10 Å². The van der Waals surface area contributed by atoms with E-state index >= 15 is 0 Å². The Balaban J connectivity index is 1.86. The third kappa shape index (κ3) is 4.17. The van der Waals surface area contributed by atoms with Gasteiger partial charge in [-0.1, -0.05) is 18.2 Å².